The summed E-state index contributed by atoms with van der Waals surface area (Å²) in [6.45, 7) is 5.76. The molecule has 0 radical (unpaired) electrons. The van der Waals surface area contributed by atoms with Crippen LogP contribution in [0, 0.1) is 18.6 Å². The minimum atomic E-state index is -0.961. The summed E-state index contributed by atoms with van der Waals surface area (Å²) in [7, 11) is 0. The zero-order valence-corrected chi connectivity index (χ0v) is 15.4. The second-order valence-corrected chi connectivity index (χ2v) is 7.24. The van der Waals surface area contributed by atoms with Gasteiger partial charge >= 0.3 is 0 Å². The fourth-order valence-electron chi connectivity index (χ4n) is 3.52. The number of fused-ring (bicyclic) bond motifs is 1. The average molecular weight is 373 g/mol. The van der Waals surface area contributed by atoms with Crippen molar-refractivity contribution in [2.75, 3.05) is 5.32 Å². The Hall–Kier alpha value is -2.61. The number of anilines is 1. The molecule has 0 unspecified atom stereocenters. The summed E-state index contributed by atoms with van der Waals surface area (Å²) in [4.78, 5) is 12.4. The van der Waals surface area contributed by atoms with Gasteiger partial charge in [-0.15, -0.1) is 0 Å². The highest BCUT2D eigenvalue weighted by Crippen LogP contribution is 2.30. The van der Waals surface area contributed by atoms with E-state index >= 15 is 0 Å². The number of hydrogen-bond acceptors (Lipinski definition) is 5. The Morgan fingerprint density at radius 3 is 2.67 bits per heavy atom. The van der Waals surface area contributed by atoms with Crippen LogP contribution in [0.3, 0.4) is 0 Å². The van der Waals surface area contributed by atoms with Crippen molar-refractivity contribution in [2.24, 2.45) is 5.73 Å². The molecule has 0 bridgehead atoms. The Bertz CT molecular complexity index is 1060. The number of hydrogen-bond donors (Lipinski definition) is 2. The number of halogens is 2. The van der Waals surface area contributed by atoms with Gasteiger partial charge in [-0.3, -0.25) is 0 Å². The van der Waals surface area contributed by atoms with Crippen molar-refractivity contribution in [3.05, 3.63) is 35.8 Å². The third kappa shape index (κ3) is 3.14. The molecule has 4 rings (SSSR count). The van der Waals surface area contributed by atoms with Gasteiger partial charge in [0.1, 0.15) is 17.0 Å². The van der Waals surface area contributed by atoms with E-state index in [1.54, 1.807) is 6.07 Å². The zero-order chi connectivity index (χ0) is 20.2. The third-order valence-electron chi connectivity index (χ3n) is 4.76. The number of aryl methyl sites for hydroxylation is 1. The van der Waals surface area contributed by atoms with Crippen molar-refractivity contribution in [1.82, 2.24) is 19.5 Å². The van der Waals surface area contributed by atoms with Crippen molar-refractivity contribution in [2.45, 2.75) is 51.7 Å². The van der Waals surface area contributed by atoms with Gasteiger partial charge in [0, 0.05) is 23.7 Å². The van der Waals surface area contributed by atoms with Gasteiger partial charge in [-0.05, 0) is 45.7 Å². The molecule has 142 valence electrons. The van der Waals surface area contributed by atoms with E-state index in [1.165, 1.54) is 6.07 Å². The van der Waals surface area contributed by atoms with Gasteiger partial charge < -0.3 is 15.6 Å². The summed E-state index contributed by atoms with van der Waals surface area (Å²) in [6, 6.07) is 1.98. The molecule has 2 heterocycles. The van der Waals surface area contributed by atoms with Gasteiger partial charge in [-0.2, -0.15) is 0 Å². The summed E-state index contributed by atoms with van der Waals surface area (Å²) in [5.41, 5.74) is 6.84. The highest BCUT2D eigenvalue weighted by molar-refractivity contribution is 5.83. The zero-order valence-electron chi connectivity index (χ0n) is 16.4. The van der Waals surface area contributed by atoms with Crippen LogP contribution < -0.4 is 11.1 Å². The maximum Gasteiger partial charge on any atom is 0.223 e. The van der Waals surface area contributed by atoms with Gasteiger partial charge in [0.15, 0.2) is 11.6 Å². The van der Waals surface area contributed by atoms with Gasteiger partial charge in [0.05, 0.1) is 13.1 Å². The molecule has 0 spiro atoms. The first-order valence-electron chi connectivity index (χ1n) is 9.41. The Balaban J connectivity index is 1.79. The lowest BCUT2D eigenvalue weighted by molar-refractivity contribution is 0.372. The maximum atomic E-state index is 14.7. The number of imidazole rings is 1. The fourth-order valence-corrected chi connectivity index (χ4v) is 3.52. The van der Waals surface area contributed by atoms with Crippen molar-refractivity contribution < 1.29 is 10.2 Å². The van der Waals surface area contributed by atoms with Crippen LogP contribution in [0.4, 0.5) is 14.7 Å². The van der Waals surface area contributed by atoms with Crippen LogP contribution >= 0.6 is 0 Å². The van der Waals surface area contributed by atoms with Crippen LogP contribution in [0.25, 0.3) is 22.3 Å². The lowest BCUT2D eigenvalue weighted by Crippen LogP contribution is -2.44. The molecule has 3 N–H and O–H groups in total. The van der Waals surface area contributed by atoms with Crippen molar-refractivity contribution in [3.63, 3.8) is 0 Å². The predicted molar refractivity (Wildman–Crippen MR) is 100 cm³/mol. The normalized spacial score (nSPS) is 22.8. The van der Waals surface area contributed by atoms with E-state index in [-0.39, 0.29) is 29.2 Å². The van der Waals surface area contributed by atoms with E-state index in [0.29, 0.717) is 29.7 Å². The van der Waals surface area contributed by atoms with E-state index in [0.717, 1.165) is 6.20 Å². The van der Waals surface area contributed by atoms with E-state index < -0.39 is 17.7 Å². The van der Waals surface area contributed by atoms with Gasteiger partial charge in [0.25, 0.3) is 0 Å². The van der Waals surface area contributed by atoms with Crippen LogP contribution in [0.5, 0.6) is 0 Å². The van der Waals surface area contributed by atoms with Gasteiger partial charge in [-0.25, -0.2) is 23.7 Å². The molecular formula is C19H22F2N6. The molecule has 6 nitrogen and oxygen atoms in total. The van der Waals surface area contributed by atoms with Crippen LogP contribution in [-0.2, 0) is 0 Å². The Labute approximate surface area is 157 Å². The number of benzene rings is 1. The molecule has 1 fully saturated rings. The van der Waals surface area contributed by atoms with Crippen LogP contribution in [-0.4, -0.2) is 31.6 Å². The Kier molecular flexibility index (Phi) is 4.00. The third-order valence-corrected chi connectivity index (χ3v) is 4.76. The van der Waals surface area contributed by atoms with Crippen LogP contribution in [0.15, 0.2) is 18.3 Å². The number of nitrogens with one attached hydrogen (secondary N) is 1. The first-order chi connectivity index (χ1) is 13.2. The molecule has 3 aromatic rings. The molecule has 2 aromatic heterocycles. The first-order valence-corrected chi connectivity index (χ1v) is 8.91. The molecule has 1 saturated carbocycles. The smallest absolute Gasteiger partial charge is 0.223 e. The number of nitrogens with two attached hydrogens (primary N) is 1. The Morgan fingerprint density at radius 2 is 2.00 bits per heavy atom. The van der Waals surface area contributed by atoms with Crippen molar-refractivity contribution >= 4 is 17.0 Å². The van der Waals surface area contributed by atoms with Gasteiger partial charge in [-0.1, -0.05) is 0 Å². The maximum absolute atomic E-state index is 14.7. The number of nitrogens with zero attached hydrogens (tertiary/aromatic N) is 4. The molecule has 1 aromatic carbocycles. The SMILES string of the molecule is [2H]C1(Nc2ncc(F)c(-c3cc(F)c4nc(C)n(C(C)C)c4c3)n2)CC(N)C1. The molecule has 0 amide bonds. The minimum absolute atomic E-state index is 0.0281. The quantitative estimate of drug-likeness (QED) is 0.731. The van der Waals surface area contributed by atoms with Gasteiger partial charge in [0.2, 0.25) is 5.95 Å². The highest BCUT2D eigenvalue weighted by atomic mass is 19.1. The summed E-state index contributed by atoms with van der Waals surface area (Å²) in [5, 5.41) is 2.89. The topological polar surface area (TPSA) is 81.7 Å². The Morgan fingerprint density at radius 1 is 1.26 bits per heavy atom. The second-order valence-electron chi connectivity index (χ2n) is 7.24. The summed E-state index contributed by atoms with van der Waals surface area (Å²) < 4.78 is 39.3. The second kappa shape index (κ2) is 6.53. The first kappa shape index (κ1) is 16.6. The molecule has 0 saturated heterocycles. The van der Waals surface area contributed by atoms with Crippen LogP contribution in [0.1, 0.15) is 39.9 Å². The summed E-state index contributed by atoms with van der Waals surface area (Å²) in [6.07, 6.45) is 1.94. The molecule has 0 atom stereocenters. The number of rotatable bonds is 4. The van der Waals surface area contributed by atoms with E-state index in [2.05, 4.69) is 20.3 Å². The van der Waals surface area contributed by atoms with Crippen LogP contribution in [0.2, 0.25) is 0 Å². The summed E-state index contributed by atoms with van der Waals surface area (Å²) >= 11 is 0. The molecule has 1 aliphatic rings. The average Bonchev–Trinajstić information content (AvgIpc) is 2.92. The summed E-state index contributed by atoms with van der Waals surface area (Å²) in [5.74, 6) is -0.401. The fraction of sp³-hybridized carbons (Fsp3) is 0.421. The standard InChI is InChI=1S/C19H22F2N6/c1-9(2)27-10(3)24-18-14(20)4-11(5-16(18)27)17-15(21)8-23-19(26-17)25-13-6-12(22)7-13/h4-5,8-9,12-13H,6-7,22H2,1-3H3,(H,23,25,26)/i13D. The molecular weight excluding hydrogens is 350 g/mol. The lowest BCUT2D eigenvalue weighted by Gasteiger charge is -2.32. The van der Waals surface area contributed by atoms with Crippen molar-refractivity contribution in [1.29, 1.82) is 0 Å². The molecule has 1 aliphatic carbocycles. The lowest BCUT2D eigenvalue weighted by atomic mass is 9.88. The highest BCUT2D eigenvalue weighted by Gasteiger charge is 2.26. The monoisotopic (exact) mass is 373 g/mol. The van der Waals surface area contributed by atoms with Crippen molar-refractivity contribution in [3.8, 4) is 11.3 Å². The minimum Gasteiger partial charge on any atom is -0.351 e. The largest absolute Gasteiger partial charge is 0.351 e. The molecule has 0 aliphatic heterocycles. The molecule has 27 heavy (non-hydrogen) atoms. The predicted octanol–water partition coefficient (Wildman–Crippen LogP) is 3.56. The molecule has 8 heteroatoms. The number of aromatic nitrogens is 4. The van der Waals surface area contributed by atoms with E-state index in [1.807, 2.05) is 25.3 Å². The van der Waals surface area contributed by atoms with E-state index in [9.17, 15) is 8.78 Å². The van der Waals surface area contributed by atoms with E-state index in [4.69, 9.17) is 7.10 Å².